The smallest absolute Gasteiger partial charge is 0.252 e. The molecule has 1 aliphatic rings. The number of carbonyl (C=O) groups excluding carboxylic acids is 1. The second kappa shape index (κ2) is 7.95. The molecular weight excluding hydrogens is 334 g/mol. The lowest BCUT2D eigenvalue weighted by Crippen LogP contribution is -2.54. The summed E-state index contributed by atoms with van der Waals surface area (Å²) >= 11 is 0. The van der Waals surface area contributed by atoms with Crippen LogP contribution in [-0.4, -0.2) is 40.8 Å². The van der Waals surface area contributed by atoms with Crippen LogP contribution in [0.1, 0.15) is 62.4 Å². The van der Waals surface area contributed by atoms with Crippen LogP contribution in [0.4, 0.5) is 0 Å². The van der Waals surface area contributed by atoms with Crippen molar-refractivity contribution in [1.29, 1.82) is 0 Å². The zero-order valence-electron chi connectivity index (χ0n) is 15.8. The molecule has 0 aliphatic heterocycles. The first-order valence-corrected chi connectivity index (χ1v) is 8.89. The first-order chi connectivity index (χ1) is 12.2. The number of benzene rings is 1. The summed E-state index contributed by atoms with van der Waals surface area (Å²) in [5.41, 5.74) is 6.48. The largest absolute Gasteiger partial charge is 0.491 e. The molecule has 1 unspecified atom stereocenters. The Balaban J connectivity index is 2.27. The number of carbonyl (C=O) groups is 1. The van der Waals surface area contributed by atoms with Gasteiger partial charge in [-0.25, -0.2) is 0 Å². The highest BCUT2D eigenvalue weighted by atomic mass is 16.5. The second-order valence-corrected chi connectivity index (χ2v) is 7.77. The van der Waals surface area contributed by atoms with E-state index in [0.29, 0.717) is 11.5 Å². The van der Waals surface area contributed by atoms with Crippen LogP contribution >= 0.6 is 0 Å². The van der Waals surface area contributed by atoms with E-state index in [-0.39, 0.29) is 24.5 Å². The predicted octanol–water partition coefficient (Wildman–Crippen LogP) is 2.21. The highest BCUT2D eigenvalue weighted by Crippen LogP contribution is 2.44. The van der Waals surface area contributed by atoms with E-state index >= 15 is 0 Å². The Kier molecular flexibility index (Phi) is 6.13. The molecule has 1 saturated carbocycles. The number of nitrogens with one attached hydrogen (secondary N) is 1. The third-order valence-electron chi connectivity index (χ3n) is 4.53. The average Bonchev–Trinajstić information content (AvgIpc) is 3.43. The fourth-order valence-electron chi connectivity index (χ4n) is 2.80. The highest BCUT2D eigenvalue weighted by molar-refractivity contribution is 5.99. The van der Waals surface area contributed by atoms with E-state index in [1.54, 1.807) is 26.0 Å². The Labute approximate surface area is 154 Å². The molecule has 1 aromatic rings. The van der Waals surface area contributed by atoms with Crippen LogP contribution in [0.3, 0.4) is 0 Å². The van der Waals surface area contributed by atoms with Crippen LogP contribution in [0.2, 0.25) is 0 Å². The molecule has 2 rings (SSSR count). The molecule has 0 spiro atoms. The van der Waals surface area contributed by atoms with Crippen LogP contribution in [-0.2, 0) is 0 Å². The number of ether oxygens (including phenoxy) is 1. The van der Waals surface area contributed by atoms with Gasteiger partial charge in [0.15, 0.2) is 5.84 Å². The Hall–Kier alpha value is -2.28. The molecule has 1 amide bonds. The van der Waals surface area contributed by atoms with Crippen molar-refractivity contribution >= 4 is 11.7 Å². The second-order valence-electron chi connectivity index (χ2n) is 7.77. The molecule has 26 heavy (non-hydrogen) atoms. The van der Waals surface area contributed by atoms with E-state index < -0.39 is 11.5 Å². The first kappa shape index (κ1) is 20.0. The Bertz CT molecular complexity index is 681. The molecule has 0 bridgehead atoms. The maximum atomic E-state index is 12.7. The van der Waals surface area contributed by atoms with Gasteiger partial charge in [0, 0.05) is 11.0 Å². The molecule has 1 atom stereocenters. The third kappa shape index (κ3) is 4.66. The van der Waals surface area contributed by atoms with Crippen molar-refractivity contribution in [1.82, 2.24) is 5.32 Å². The maximum Gasteiger partial charge on any atom is 0.252 e. The standard InChI is InChI=1S/C19H29N3O4/c1-11(2)26-15-9-13(7-8-14(15)12-5-6-12)18(24)21-16(17(20)22-25)19(3,4)10-23/h7-9,11-12,16,23,25H,5-6,10H2,1-4H3,(H2,20,22)(H,21,24). The van der Waals surface area contributed by atoms with Gasteiger partial charge >= 0.3 is 0 Å². The zero-order valence-corrected chi connectivity index (χ0v) is 15.8. The van der Waals surface area contributed by atoms with Crippen molar-refractivity contribution in [3.8, 4) is 5.75 Å². The van der Waals surface area contributed by atoms with Crippen molar-refractivity contribution in [3.05, 3.63) is 29.3 Å². The summed E-state index contributed by atoms with van der Waals surface area (Å²) in [6.07, 6.45) is 2.27. The van der Waals surface area contributed by atoms with Crippen molar-refractivity contribution in [2.45, 2.75) is 58.6 Å². The van der Waals surface area contributed by atoms with Gasteiger partial charge in [0.1, 0.15) is 5.75 Å². The minimum absolute atomic E-state index is 0.00375. The van der Waals surface area contributed by atoms with Gasteiger partial charge < -0.3 is 26.1 Å². The fourth-order valence-corrected chi connectivity index (χ4v) is 2.80. The molecular formula is C19H29N3O4. The molecule has 0 saturated heterocycles. The summed E-state index contributed by atoms with van der Waals surface area (Å²) in [5.74, 6) is 0.681. The molecule has 0 radical (unpaired) electrons. The minimum atomic E-state index is -0.817. The van der Waals surface area contributed by atoms with Gasteiger partial charge in [-0.15, -0.1) is 0 Å². The van der Waals surface area contributed by atoms with Crippen LogP contribution < -0.4 is 15.8 Å². The fraction of sp³-hybridized carbons (Fsp3) is 0.579. The lowest BCUT2D eigenvalue weighted by atomic mass is 9.84. The normalized spacial score (nSPS) is 16.5. The summed E-state index contributed by atoms with van der Waals surface area (Å²) in [6.45, 7) is 7.10. The number of hydrogen-bond acceptors (Lipinski definition) is 5. The molecule has 1 fully saturated rings. The number of hydrogen-bond donors (Lipinski definition) is 4. The van der Waals surface area contributed by atoms with Gasteiger partial charge in [0.2, 0.25) is 0 Å². The molecule has 0 aromatic heterocycles. The molecule has 7 nitrogen and oxygen atoms in total. The lowest BCUT2D eigenvalue weighted by molar-refractivity contribution is 0.0872. The summed E-state index contributed by atoms with van der Waals surface area (Å²) in [6, 6.07) is 4.60. The SMILES string of the molecule is CC(C)Oc1cc(C(=O)NC(/C(N)=N/O)C(C)(C)CO)ccc1C1CC1. The minimum Gasteiger partial charge on any atom is -0.491 e. The highest BCUT2D eigenvalue weighted by Gasteiger charge is 2.34. The quantitative estimate of drug-likeness (QED) is 0.244. The summed E-state index contributed by atoms with van der Waals surface area (Å²) in [4.78, 5) is 12.7. The number of amidine groups is 1. The topological polar surface area (TPSA) is 117 Å². The van der Waals surface area contributed by atoms with E-state index in [2.05, 4.69) is 10.5 Å². The van der Waals surface area contributed by atoms with Crippen LogP contribution in [0.25, 0.3) is 0 Å². The number of aliphatic hydroxyl groups is 1. The Morgan fingerprint density at radius 2 is 2.08 bits per heavy atom. The number of aliphatic hydroxyl groups excluding tert-OH is 1. The van der Waals surface area contributed by atoms with Gasteiger partial charge in [0.05, 0.1) is 18.8 Å². The van der Waals surface area contributed by atoms with E-state index in [0.717, 1.165) is 24.2 Å². The van der Waals surface area contributed by atoms with Crippen LogP contribution in [0.15, 0.2) is 23.4 Å². The third-order valence-corrected chi connectivity index (χ3v) is 4.53. The predicted molar refractivity (Wildman–Crippen MR) is 99.7 cm³/mol. The number of nitrogens with two attached hydrogens (primary N) is 1. The monoisotopic (exact) mass is 363 g/mol. The van der Waals surface area contributed by atoms with Gasteiger partial charge in [-0.05, 0) is 50.3 Å². The first-order valence-electron chi connectivity index (χ1n) is 8.89. The number of rotatable bonds is 8. The molecule has 1 aromatic carbocycles. The van der Waals surface area contributed by atoms with Crippen LogP contribution in [0.5, 0.6) is 5.75 Å². The Morgan fingerprint density at radius 1 is 1.42 bits per heavy atom. The summed E-state index contributed by atoms with van der Waals surface area (Å²) in [5, 5.41) is 24.3. The Morgan fingerprint density at radius 3 is 2.58 bits per heavy atom. The lowest BCUT2D eigenvalue weighted by Gasteiger charge is -2.32. The average molecular weight is 363 g/mol. The number of oxime groups is 1. The zero-order chi connectivity index (χ0) is 19.5. The molecule has 0 heterocycles. The summed E-state index contributed by atoms with van der Waals surface area (Å²) < 4.78 is 5.89. The van der Waals surface area contributed by atoms with Gasteiger partial charge in [-0.2, -0.15) is 0 Å². The molecule has 1 aliphatic carbocycles. The molecule has 144 valence electrons. The summed E-state index contributed by atoms with van der Waals surface area (Å²) in [7, 11) is 0. The van der Waals surface area contributed by atoms with Gasteiger partial charge in [-0.3, -0.25) is 4.79 Å². The van der Waals surface area contributed by atoms with E-state index in [4.69, 9.17) is 15.7 Å². The van der Waals surface area contributed by atoms with E-state index in [1.807, 2.05) is 19.9 Å². The van der Waals surface area contributed by atoms with Crippen molar-refractivity contribution in [3.63, 3.8) is 0 Å². The van der Waals surface area contributed by atoms with Crippen molar-refractivity contribution in [2.24, 2.45) is 16.3 Å². The van der Waals surface area contributed by atoms with Crippen molar-refractivity contribution in [2.75, 3.05) is 6.61 Å². The maximum absolute atomic E-state index is 12.7. The van der Waals surface area contributed by atoms with Crippen LogP contribution in [0, 0.1) is 5.41 Å². The molecule has 7 heteroatoms. The van der Waals surface area contributed by atoms with Crippen molar-refractivity contribution < 1.29 is 19.8 Å². The number of amides is 1. The molecule has 5 N–H and O–H groups in total. The van der Waals surface area contributed by atoms with Gasteiger partial charge in [0.25, 0.3) is 5.91 Å². The van der Waals surface area contributed by atoms with Gasteiger partial charge in [-0.1, -0.05) is 25.1 Å². The van der Waals surface area contributed by atoms with E-state index in [9.17, 15) is 9.90 Å². The number of nitrogens with zero attached hydrogens (tertiary/aromatic N) is 1. The van der Waals surface area contributed by atoms with E-state index in [1.165, 1.54) is 0 Å².